The monoisotopic (exact) mass is 242 g/mol. The van der Waals surface area contributed by atoms with Crippen LogP contribution in [0, 0.1) is 0 Å². The number of carboxylic acid groups (broad SMARTS) is 1. The summed E-state index contributed by atoms with van der Waals surface area (Å²) in [6.45, 7) is 3.71. The van der Waals surface area contributed by atoms with E-state index >= 15 is 0 Å². The van der Waals surface area contributed by atoms with Gasteiger partial charge in [-0.15, -0.1) is 0 Å². The summed E-state index contributed by atoms with van der Waals surface area (Å²) in [6.07, 6.45) is 2.10. The zero-order chi connectivity index (χ0) is 12.9. The van der Waals surface area contributed by atoms with Gasteiger partial charge in [0.2, 0.25) is 11.7 Å². The van der Waals surface area contributed by atoms with E-state index in [2.05, 4.69) is 10.1 Å². The first-order valence-corrected chi connectivity index (χ1v) is 5.55. The Morgan fingerprint density at radius 3 is 2.76 bits per heavy atom. The SMILES string of the molecule is COC(C)(C)c1noc(CCCCC(=O)O)n1. The van der Waals surface area contributed by atoms with Crippen LogP contribution in [0.3, 0.4) is 0 Å². The molecule has 1 rings (SSSR count). The number of rotatable bonds is 7. The first-order valence-electron chi connectivity index (χ1n) is 5.55. The lowest BCUT2D eigenvalue weighted by molar-refractivity contribution is -0.137. The zero-order valence-electron chi connectivity index (χ0n) is 10.4. The Bertz CT molecular complexity index is 373. The molecule has 0 aromatic carbocycles. The molecule has 6 nitrogen and oxygen atoms in total. The van der Waals surface area contributed by atoms with Crippen molar-refractivity contribution in [2.75, 3.05) is 7.11 Å². The third-order valence-corrected chi connectivity index (χ3v) is 2.55. The number of aryl methyl sites for hydroxylation is 1. The third kappa shape index (κ3) is 4.14. The lowest BCUT2D eigenvalue weighted by Gasteiger charge is -2.17. The summed E-state index contributed by atoms with van der Waals surface area (Å²) in [5.41, 5.74) is -0.567. The molecule has 0 amide bonds. The van der Waals surface area contributed by atoms with Gasteiger partial charge in [0.05, 0.1) is 0 Å². The summed E-state index contributed by atoms with van der Waals surface area (Å²) >= 11 is 0. The van der Waals surface area contributed by atoms with E-state index in [-0.39, 0.29) is 6.42 Å². The smallest absolute Gasteiger partial charge is 0.303 e. The van der Waals surface area contributed by atoms with E-state index in [0.717, 1.165) is 6.42 Å². The number of aromatic nitrogens is 2. The molecule has 0 bridgehead atoms. The molecular weight excluding hydrogens is 224 g/mol. The number of unbranched alkanes of at least 4 members (excludes halogenated alkanes) is 1. The minimum absolute atomic E-state index is 0.171. The molecule has 6 heteroatoms. The molecule has 17 heavy (non-hydrogen) atoms. The topological polar surface area (TPSA) is 85.5 Å². The van der Waals surface area contributed by atoms with Crippen molar-refractivity contribution in [3.63, 3.8) is 0 Å². The highest BCUT2D eigenvalue weighted by Crippen LogP contribution is 2.20. The van der Waals surface area contributed by atoms with Crippen molar-refractivity contribution >= 4 is 5.97 Å². The van der Waals surface area contributed by atoms with Crippen molar-refractivity contribution in [2.24, 2.45) is 0 Å². The molecule has 0 radical (unpaired) electrons. The summed E-state index contributed by atoms with van der Waals surface area (Å²) in [5, 5.41) is 12.3. The van der Waals surface area contributed by atoms with Crippen LogP contribution in [0.1, 0.15) is 44.8 Å². The van der Waals surface area contributed by atoms with E-state index in [9.17, 15) is 4.79 Å². The maximum absolute atomic E-state index is 10.3. The number of nitrogens with zero attached hydrogens (tertiary/aromatic N) is 2. The van der Waals surface area contributed by atoms with Crippen LogP contribution in [0.25, 0.3) is 0 Å². The van der Waals surface area contributed by atoms with Gasteiger partial charge in [-0.25, -0.2) is 0 Å². The van der Waals surface area contributed by atoms with Crippen molar-refractivity contribution < 1.29 is 19.2 Å². The average Bonchev–Trinajstić information content (AvgIpc) is 2.73. The van der Waals surface area contributed by atoms with E-state index < -0.39 is 11.6 Å². The van der Waals surface area contributed by atoms with Crippen molar-refractivity contribution in [2.45, 2.75) is 45.1 Å². The van der Waals surface area contributed by atoms with Crippen molar-refractivity contribution in [1.82, 2.24) is 10.1 Å². The lowest BCUT2D eigenvalue weighted by Crippen LogP contribution is -2.21. The van der Waals surface area contributed by atoms with Crippen LogP contribution in [-0.2, 0) is 21.6 Å². The van der Waals surface area contributed by atoms with Crippen molar-refractivity contribution in [3.8, 4) is 0 Å². The van der Waals surface area contributed by atoms with E-state index in [1.807, 2.05) is 13.8 Å². The van der Waals surface area contributed by atoms with Crippen LogP contribution in [-0.4, -0.2) is 28.3 Å². The van der Waals surface area contributed by atoms with Gasteiger partial charge in [-0.2, -0.15) is 4.98 Å². The normalized spacial score (nSPS) is 11.7. The predicted octanol–water partition coefficient (Wildman–Crippen LogP) is 1.75. The second kappa shape index (κ2) is 5.77. The standard InChI is InChI=1S/C11H18N2O4/c1-11(2,16-3)10-12-8(17-13-10)6-4-5-7-9(14)15/h4-7H2,1-3H3,(H,14,15). The molecule has 0 aliphatic carbocycles. The Hall–Kier alpha value is -1.43. The molecule has 1 N–H and O–H groups in total. The Kier molecular flexibility index (Phi) is 4.62. The molecule has 0 fully saturated rings. The number of hydrogen-bond donors (Lipinski definition) is 1. The number of ether oxygens (including phenoxy) is 1. The molecule has 0 aliphatic heterocycles. The van der Waals surface area contributed by atoms with E-state index in [0.29, 0.717) is 24.6 Å². The Morgan fingerprint density at radius 1 is 1.47 bits per heavy atom. The number of hydrogen-bond acceptors (Lipinski definition) is 5. The molecule has 1 aromatic heterocycles. The van der Waals surface area contributed by atoms with Gasteiger partial charge in [-0.05, 0) is 26.7 Å². The van der Waals surface area contributed by atoms with Crippen molar-refractivity contribution in [1.29, 1.82) is 0 Å². The molecule has 96 valence electrons. The van der Waals surface area contributed by atoms with E-state index in [1.54, 1.807) is 7.11 Å². The molecule has 1 heterocycles. The summed E-state index contributed by atoms with van der Waals surface area (Å²) in [7, 11) is 1.59. The summed E-state index contributed by atoms with van der Waals surface area (Å²) in [4.78, 5) is 14.5. The Morgan fingerprint density at radius 2 is 2.18 bits per heavy atom. The molecule has 0 aliphatic rings. The largest absolute Gasteiger partial charge is 0.481 e. The molecule has 0 unspecified atom stereocenters. The summed E-state index contributed by atoms with van der Waals surface area (Å²) in [6, 6.07) is 0. The predicted molar refractivity (Wildman–Crippen MR) is 59.5 cm³/mol. The fourth-order valence-electron chi connectivity index (χ4n) is 1.24. The van der Waals surface area contributed by atoms with Crippen LogP contribution in [0.5, 0.6) is 0 Å². The second-order valence-corrected chi connectivity index (χ2v) is 4.33. The first kappa shape index (κ1) is 13.6. The van der Waals surface area contributed by atoms with Gasteiger partial charge < -0.3 is 14.4 Å². The molecule has 1 aromatic rings. The Balaban J connectivity index is 2.44. The van der Waals surface area contributed by atoms with Gasteiger partial charge >= 0.3 is 5.97 Å². The molecular formula is C11H18N2O4. The third-order valence-electron chi connectivity index (χ3n) is 2.55. The van der Waals surface area contributed by atoms with Gasteiger partial charge in [0.15, 0.2) is 0 Å². The fraction of sp³-hybridized carbons (Fsp3) is 0.727. The maximum Gasteiger partial charge on any atom is 0.303 e. The fourth-order valence-corrected chi connectivity index (χ4v) is 1.24. The van der Waals surface area contributed by atoms with E-state index in [1.165, 1.54) is 0 Å². The van der Waals surface area contributed by atoms with Gasteiger partial charge in [-0.3, -0.25) is 4.79 Å². The second-order valence-electron chi connectivity index (χ2n) is 4.33. The highest BCUT2D eigenvalue weighted by atomic mass is 16.5. The van der Waals surface area contributed by atoms with Crippen LogP contribution in [0.4, 0.5) is 0 Å². The van der Waals surface area contributed by atoms with Gasteiger partial charge in [-0.1, -0.05) is 5.16 Å². The van der Waals surface area contributed by atoms with Crippen LogP contribution in [0.2, 0.25) is 0 Å². The summed E-state index contributed by atoms with van der Waals surface area (Å²) < 4.78 is 10.3. The Labute approximate surface area is 100.0 Å². The summed E-state index contributed by atoms with van der Waals surface area (Å²) in [5.74, 6) is 0.250. The highest BCUT2D eigenvalue weighted by Gasteiger charge is 2.25. The number of methoxy groups -OCH3 is 1. The van der Waals surface area contributed by atoms with Crippen LogP contribution >= 0.6 is 0 Å². The van der Waals surface area contributed by atoms with Gasteiger partial charge in [0, 0.05) is 20.0 Å². The van der Waals surface area contributed by atoms with Crippen LogP contribution in [0.15, 0.2) is 4.52 Å². The van der Waals surface area contributed by atoms with Crippen molar-refractivity contribution in [3.05, 3.63) is 11.7 Å². The minimum Gasteiger partial charge on any atom is -0.481 e. The quantitative estimate of drug-likeness (QED) is 0.733. The maximum atomic E-state index is 10.3. The highest BCUT2D eigenvalue weighted by molar-refractivity contribution is 5.66. The minimum atomic E-state index is -0.781. The van der Waals surface area contributed by atoms with E-state index in [4.69, 9.17) is 14.4 Å². The van der Waals surface area contributed by atoms with Gasteiger partial charge in [0.25, 0.3) is 0 Å². The molecule has 0 spiro atoms. The number of carbonyl (C=O) groups is 1. The van der Waals surface area contributed by atoms with Gasteiger partial charge in [0.1, 0.15) is 5.60 Å². The molecule has 0 saturated heterocycles. The number of aliphatic carboxylic acids is 1. The van der Waals surface area contributed by atoms with Crippen LogP contribution < -0.4 is 0 Å². The average molecular weight is 242 g/mol. The first-order chi connectivity index (χ1) is 7.95. The lowest BCUT2D eigenvalue weighted by atomic mass is 10.1. The zero-order valence-corrected chi connectivity index (χ0v) is 10.4. The number of carboxylic acids is 1. The molecule has 0 atom stereocenters. The molecule has 0 saturated carbocycles.